The Morgan fingerprint density at radius 1 is 1.09 bits per heavy atom. The van der Waals surface area contributed by atoms with Crippen molar-refractivity contribution >= 4 is 22.6 Å². The first-order chi connectivity index (χ1) is 9.93. The highest BCUT2D eigenvalue weighted by Crippen LogP contribution is 2.37. The molecule has 0 aliphatic heterocycles. The minimum absolute atomic E-state index is 0.173. The normalized spacial score (nSPS) is 25.2. The van der Waals surface area contributed by atoms with Gasteiger partial charge in [0.1, 0.15) is 6.07 Å². The van der Waals surface area contributed by atoms with Crippen molar-refractivity contribution in [3.8, 4) is 6.07 Å². The Bertz CT molecular complexity index is 495. The average Bonchev–Trinajstić information content (AvgIpc) is 2.32. The fourth-order valence-electron chi connectivity index (χ4n) is 2.60. The van der Waals surface area contributed by atoms with E-state index < -0.39 is 16.6 Å². The Morgan fingerprint density at radius 3 is 2.09 bits per heavy atom. The van der Waals surface area contributed by atoms with Gasteiger partial charge in [-0.2, -0.15) is 5.26 Å². The van der Waals surface area contributed by atoms with Gasteiger partial charge in [-0.3, -0.25) is 4.79 Å². The van der Waals surface area contributed by atoms with E-state index in [2.05, 4.69) is 13.0 Å². The predicted molar refractivity (Wildman–Crippen MR) is 93.0 cm³/mol. The first-order valence-corrected chi connectivity index (χ1v) is 14.8. The van der Waals surface area contributed by atoms with Gasteiger partial charge in [-0.05, 0) is 70.0 Å². The summed E-state index contributed by atoms with van der Waals surface area (Å²) in [6.45, 7) is 14.3. The average molecular weight is 340 g/mol. The van der Waals surface area contributed by atoms with E-state index in [-0.39, 0.29) is 11.9 Å². The minimum Gasteiger partial charge on any atom is -0.537 e. The van der Waals surface area contributed by atoms with Crippen LogP contribution in [-0.4, -0.2) is 22.6 Å². The summed E-state index contributed by atoms with van der Waals surface area (Å²) in [4.78, 5) is 12.5. The molecule has 2 atom stereocenters. The van der Waals surface area contributed by atoms with E-state index in [1.165, 1.54) is 0 Å². The lowest BCUT2D eigenvalue weighted by molar-refractivity contribution is -0.139. The maximum absolute atomic E-state index is 12.5. The Labute approximate surface area is 136 Å². The molecule has 124 valence electrons. The molecule has 1 aliphatic rings. The number of carbonyl (C=O) groups excluding carboxylic acids is 1. The smallest absolute Gasteiger partial charge is 0.299 e. The molecule has 1 aliphatic carbocycles. The van der Waals surface area contributed by atoms with Crippen LogP contribution in [0, 0.1) is 23.2 Å². The second-order valence-corrected chi connectivity index (χ2v) is 17.0. The van der Waals surface area contributed by atoms with Crippen LogP contribution in [0.1, 0.15) is 26.2 Å². The number of hydrogen-bond acceptors (Lipinski definition) is 4. The molecule has 0 saturated heterocycles. The first kappa shape index (κ1) is 19.0. The molecular formula is C16H29NO3Si2. The summed E-state index contributed by atoms with van der Waals surface area (Å²) >= 11 is 0. The van der Waals surface area contributed by atoms with Crippen LogP contribution in [0.4, 0.5) is 0 Å². The molecule has 0 heterocycles. The van der Waals surface area contributed by atoms with Crippen molar-refractivity contribution in [1.82, 2.24) is 0 Å². The minimum atomic E-state index is -1.93. The van der Waals surface area contributed by atoms with Crippen LogP contribution in [0.25, 0.3) is 0 Å². The van der Waals surface area contributed by atoms with Crippen molar-refractivity contribution in [2.75, 3.05) is 0 Å². The van der Waals surface area contributed by atoms with Gasteiger partial charge in [-0.15, -0.1) is 0 Å². The van der Waals surface area contributed by atoms with Gasteiger partial charge in [0.15, 0.2) is 5.76 Å². The number of allylic oxidation sites excluding steroid dienone is 1. The highest BCUT2D eigenvalue weighted by atomic mass is 28.4. The summed E-state index contributed by atoms with van der Waals surface area (Å²) < 4.78 is 11.6. The zero-order valence-electron chi connectivity index (χ0n) is 14.9. The summed E-state index contributed by atoms with van der Waals surface area (Å²) in [5.74, 6) is 0.352. The summed E-state index contributed by atoms with van der Waals surface area (Å²) in [5, 5.41) is 9.51. The zero-order chi connectivity index (χ0) is 17.1. The van der Waals surface area contributed by atoms with Crippen molar-refractivity contribution in [2.24, 2.45) is 11.8 Å². The third kappa shape index (κ3) is 5.97. The molecule has 2 unspecified atom stereocenters. The molecule has 0 bridgehead atoms. The van der Waals surface area contributed by atoms with E-state index in [1.807, 2.05) is 39.3 Å². The van der Waals surface area contributed by atoms with Crippen LogP contribution in [0.15, 0.2) is 11.3 Å². The molecule has 6 heteroatoms. The molecule has 0 aromatic rings. The Balaban J connectivity index is 3.13. The number of nitriles is 1. The summed E-state index contributed by atoms with van der Waals surface area (Å²) in [5.41, 5.74) is 0.854. The van der Waals surface area contributed by atoms with E-state index in [4.69, 9.17) is 8.85 Å². The highest BCUT2D eigenvalue weighted by molar-refractivity contribution is 6.71. The standard InChI is InChI=1S/C16H29NO3Si2/c1-12-8-9-13(16(18)20-22(5,6)7)14(10-12)15(11-17)19-21(2,3)4/h12-13H,8-10H2,1-7H3. The second-order valence-electron chi connectivity index (χ2n) is 8.15. The molecule has 1 saturated carbocycles. The topological polar surface area (TPSA) is 59.3 Å². The van der Waals surface area contributed by atoms with Crippen LogP contribution in [-0.2, 0) is 13.6 Å². The van der Waals surface area contributed by atoms with E-state index in [0.717, 1.165) is 24.8 Å². The number of nitrogens with zero attached hydrogens (tertiary/aromatic N) is 1. The first-order valence-electron chi connectivity index (χ1n) is 7.98. The number of rotatable bonds is 4. The van der Waals surface area contributed by atoms with Crippen molar-refractivity contribution < 1.29 is 13.6 Å². The highest BCUT2D eigenvalue weighted by Gasteiger charge is 2.36. The molecule has 0 aromatic heterocycles. The largest absolute Gasteiger partial charge is 0.537 e. The quantitative estimate of drug-likeness (QED) is 0.432. The van der Waals surface area contributed by atoms with Crippen LogP contribution < -0.4 is 0 Å². The third-order valence-corrected chi connectivity index (χ3v) is 5.06. The third-order valence-electron chi connectivity index (χ3n) is 3.43. The van der Waals surface area contributed by atoms with Crippen molar-refractivity contribution in [3.63, 3.8) is 0 Å². The lowest BCUT2D eigenvalue weighted by atomic mass is 9.78. The fourth-order valence-corrected chi connectivity index (χ4v) is 4.13. The van der Waals surface area contributed by atoms with E-state index in [0.29, 0.717) is 11.7 Å². The van der Waals surface area contributed by atoms with Crippen LogP contribution >= 0.6 is 0 Å². The zero-order valence-corrected chi connectivity index (χ0v) is 16.9. The van der Waals surface area contributed by atoms with Crippen molar-refractivity contribution in [3.05, 3.63) is 11.3 Å². The number of hydrogen-bond donors (Lipinski definition) is 0. The van der Waals surface area contributed by atoms with Gasteiger partial charge in [-0.1, -0.05) is 6.92 Å². The van der Waals surface area contributed by atoms with Crippen molar-refractivity contribution in [1.29, 1.82) is 5.26 Å². The molecule has 0 aromatic carbocycles. The summed E-state index contributed by atoms with van der Waals surface area (Å²) in [6.07, 6.45) is 2.49. The molecule has 1 rings (SSSR count). The van der Waals surface area contributed by atoms with Crippen LogP contribution in [0.2, 0.25) is 39.3 Å². The van der Waals surface area contributed by atoms with Gasteiger partial charge >= 0.3 is 0 Å². The maximum atomic E-state index is 12.5. The molecule has 0 spiro atoms. The maximum Gasteiger partial charge on any atom is 0.299 e. The summed E-state index contributed by atoms with van der Waals surface area (Å²) in [6, 6.07) is 2.19. The fraction of sp³-hybridized carbons (Fsp3) is 0.750. The monoisotopic (exact) mass is 339 g/mol. The van der Waals surface area contributed by atoms with E-state index in [1.54, 1.807) is 0 Å². The van der Waals surface area contributed by atoms with Crippen LogP contribution in [0.3, 0.4) is 0 Å². The number of carbonyl (C=O) groups is 1. The molecular weight excluding hydrogens is 310 g/mol. The predicted octanol–water partition coefficient (Wildman–Crippen LogP) is 4.43. The van der Waals surface area contributed by atoms with Gasteiger partial charge in [0.2, 0.25) is 16.6 Å². The van der Waals surface area contributed by atoms with Gasteiger partial charge in [-0.25, -0.2) is 0 Å². The molecule has 0 N–H and O–H groups in total. The van der Waals surface area contributed by atoms with Gasteiger partial charge in [0.25, 0.3) is 5.97 Å². The van der Waals surface area contributed by atoms with E-state index in [9.17, 15) is 10.1 Å². The molecule has 0 amide bonds. The molecule has 4 nitrogen and oxygen atoms in total. The molecule has 22 heavy (non-hydrogen) atoms. The Hall–Kier alpha value is -1.07. The lowest BCUT2D eigenvalue weighted by Crippen LogP contribution is -2.36. The lowest BCUT2D eigenvalue weighted by Gasteiger charge is -2.32. The van der Waals surface area contributed by atoms with E-state index >= 15 is 0 Å². The van der Waals surface area contributed by atoms with Gasteiger partial charge in [0, 0.05) is 0 Å². The van der Waals surface area contributed by atoms with Crippen LogP contribution in [0.5, 0.6) is 0 Å². The molecule has 1 fully saturated rings. The van der Waals surface area contributed by atoms with Gasteiger partial charge in [0.05, 0.1) is 5.92 Å². The van der Waals surface area contributed by atoms with Crippen molar-refractivity contribution in [2.45, 2.75) is 65.5 Å². The summed E-state index contributed by atoms with van der Waals surface area (Å²) in [7, 11) is -3.81. The second kappa shape index (κ2) is 7.01. The Kier molecular flexibility index (Phi) is 6.05. The Morgan fingerprint density at radius 2 is 1.64 bits per heavy atom. The van der Waals surface area contributed by atoms with Gasteiger partial charge < -0.3 is 8.85 Å². The molecule has 0 radical (unpaired) electrons. The SMILES string of the molecule is CC1CCC(C(=O)O[Si](C)(C)C)C(=C(C#N)O[Si](C)(C)C)C1.